The monoisotopic (exact) mass is 287 g/mol. The molecule has 2 unspecified atom stereocenters. The molecule has 0 fully saturated rings. The minimum Gasteiger partial charge on any atom is -0.490 e. The summed E-state index contributed by atoms with van der Waals surface area (Å²) < 4.78 is 5.54. The van der Waals surface area contributed by atoms with Crippen LogP contribution in [0.25, 0.3) is 0 Å². The summed E-state index contributed by atoms with van der Waals surface area (Å²) >= 11 is 0. The Kier molecular flexibility index (Phi) is 3.64. The predicted molar refractivity (Wildman–Crippen MR) is 77.3 cm³/mol. The molecule has 1 aliphatic carbocycles. The molecule has 2 atom stereocenters. The van der Waals surface area contributed by atoms with E-state index in [-0.39, 0.29) is 5.91 Å². The Labute approximate surface area is 122 Å². The van der Waals surface area contributed by atoms with E-state index in [9.17, 15) is 14.7 Å². The molecule has 1 amide bonds. The lowest BCUT2D eigenvalue weighted by atomic mass is 9.82. The molecule has 0 bridgehead atoms. The Morgan fingerprint density at radius 2 is 1.86 bits per heavy atom. The van der Waals surface area contributed by atoms with Gasteiger partial charge in [-0.3, -0.25) is 9.59 Å². The van der Waals surface area contributed by atoms with Crippen molar-refractivity contribution in [3.05, 3.63) is 36.4 Å². The van der Waals surface area contributed by atoms with Crippen LogP contribution in [0, 0.1) is 11.8 Å². The van der Waals surface area contributed by atoms with Crippen LogP contribution in [0.1, 0.15) is 12.8 Å². The predicted octanol–water partition coefficient (Wildman–Crippen LogP) is 2.08. The summed E-state index contributed by atoms with van der Waals surface area (Å²) in [5.74, 6) is -1.49. The van der Waals surface area contributed by atoms with E-state index in [1.54, 1.807) is 4.90 Å². The summed E-state index contributed by atoms with van der Waals surface area (Å²) in [5.41, 5.74) is 0.729. The van der Waals surface area contributed by atoms with Gasteiger partial charge in [-0.1, -0.05) is 24.3 Å². The number of ether oxygens (including phenoxy) is 1. The fourth-order valence-electron chi connectivity index (χ4n) is 2.96. The van der Waals surface area contributed by atoms with Crippen LogP contribution in [0.2, 0.25) is 0 Å². The van der Waals surface area contributed by atoms with Crippen LogP contribution in [0.4, 0.5) is 5.69 Å². The second kappa shape index (κ2) is 5.60. The van der Waals surface area contributed by atoms with Crippen LogP contribution in [-0.2, 0) is 9.59 Å². The number of para-hydroxylation sites is 2. The molecule has 5 nitrogen and oxygen atoms in total. The Hall–Kier alpha value is -2.30. The first-order valence-corrected chi connectivity index (χ1v) is 7.09. The van der Waals surface area contributed by atoms with Crippen molar-refractivity contribution in [3.8, 4) is 5.75 Å². The fourth-order valence-corrected chi connectivity index (χ4v) is 2.96. The zero-order valence-corrected chi connectivity index (χ0v) is 11.6. The van der Waals surface area contributed by atoms with Crippen molar-refractivity contribution in [2.75, 3.05) is 18.1 Å². The van der Waals surface area contributed by atoms with Crippen molar-refractivity contribution in [1.82, 2.24) is 0 Å². The van der Waals surface area contributed by atoms with Gasteiger partial charge in [0.05, 0.1) is 24.1 Å². The molecule has 0 spiro atoms. The molecule has 0 radical (unpaired) electrons. The highest BCUT2D eigenvalue weighted by atomic mass is 16.5. The van der Waals surface area contributed by atoms with Crippen molar-refractivity contribution in [1.29, 1.82) is 0 Å². The first-order valence-electron chi connectivity index (χ1n) is 7.09. The number of rotatable bonds is 2. The van der Waals surface area contributed by atoms with Crippen molar-refractivity contribution >= 4 is 17.6 Å². The molecule has 1 heterocycles. The maximum absolute atomic E-state index is 12.8. The van der Waals surface area contributed by atoms with Gasteiger partial charge in [-0.25, -0.2) is 0 Å². The molecule has 0 aromatic heterocycles. The number of hydrogen-bond acceptors (Lipinski definition) is 3. The Morgan fingerprint density at radius 3 is 2.62 bits per heavy atom. The molecule has 2 aliphatic rings. The van der Waals surface area contributed by atoms with E-state index in [2.05, 4.69) is 0 Å². The quantitative estimate of drug-likeness (QED) is 0.846. The van der Waals surface area contributed by atoms with Crippen LogP contribution in [0.5, 0.6) is 5.75 Å². The zero-order valence-electron chi connectivity index (χ0n) is 11.6. The molecule has 110 valence electrons. The van der Waals surface area contributed by atoms with E-state index in [1.165, 1.54) is 0 Å². The maximum Gasteiger partial charge on any atom is 0.307 e. The normalized spacial score (nSPS) is 24.1. The van der Waals surface area contributed by atoms with Gasteiger partial charge < -0.3 is 14.7 Å². The molecule has 1 aliphatic heterocycles. The fraction of sp³-hybridized carbons (Fsp3) is 0.375. The SMILES string of the molecule is O=C(O)C1CC=CCC1C(=O)N1CCOc2ccccc21. The summed E-state index contributed by atoms with van der Waals surface area (Å²) in [5, 5.41) is 9.32. The molecular formula is C16H17NO4. The van der Waals surface area contributed by atoms with E-state index in [4.69, 9.17) is 4.74 Å². The van der Waals surface area contributed by atoms with Gasteiger partial charge in [0.25, 0.3) is 0 Å². The minimum atomic E-state index is -0.903. The van der Waals surface area contributed by atoms with E-state index >= 15 is 0 Å². The number of amides is 1. The van der Waals surface area contributed by atoms with Gasteiger partial charge in [-0.2, -0.15) is 0 Å². The van der Waals surface area contributed by atoms with Gasteiger partial charge in [0.15, 0.2) is 0 Å². The highest BCUT2D eigenvalue weighted by molar-refractivity contribution is 5.99. The topological polar surface area (TPSA) is 66.8 Å². The van der Waals surface area contributed by atoms with Crippen molar-refractivity contribution in [3.63, 3.8) is 0 Å². The largest absolute Gasteiger partial charge is 0.490 e. The number of allylic oxidation sites excluding steroid dienone is 2. The molecule has 1 aromatic rings. The third kappa shape index (κ3) is 2.51. The number of hydrogen-bond donors (Lipinski definition) is 1. The van der Waals surface area contributed by atoms with E-state index in [0.717, 1.165) is 5.69 Å². The third-order valence-electron chi connectivity index (χ3n) is 4.06. The number of carboxylic acid groups (broad SMARTS) is 1. The zero-order chi connectivity index (χ0) is 14.8. The number of carbonyl (C=O) groups excluding carboxylic acids is 1. The lowest BCUT2D eigenvalue weighted by molar-refractivity contribution is -0.146. The van der Waals surface area contributed by atoms with Crippen molar-refractivity contribution in [2.45, 2.75) is 12.8 Å². The van der Waals surface area contributed by atoms with Crippen LogP contribution in [0.3, 0.4) is 0 Å². The lowest BCUT2D eigenvalue weighted by Gasteiger charge is -2.34. The van der Waals surface area contributed by atoms with Crippen LogP contribution >= 0.6 is 0 Å². The molecule has 1 aromatic carbocycles. The van der Waals surface area contributed by atoms with Gasteiger partial charge >= 0.3 is 5.97 Å². The number of carbonyl (C=O) groups is 2. The van der Waals surface area contributed by atoms with Crippen molar-refractivity contribution < 1.29 is 19.4 Å². The Morgan fingerprint density at radius 1 is 1.14 bits per heavy atom. The van der Waals surface area contributed by atoms with Gasteiger partial charge in [0.1, 0.15) is 12.4 Å². The molecule has 0 saturated carbocycles. The molecule has 5 heteroatoms. The lowest BCUT2D eigenvalue weighted by Crippen LogP contribution is -2.45. The highest BCUT2D eigenvalue weighted by Gasteiger charge is 2.38. The standard InChI is InChI=1S/C16H17NO4/c18-15(11-5-1-2-6-12(11)16(19)20)17-9-10-21-14-8-4-3-7-13(14)17/h1-4,7-8,11-12H,5-6,9-10H2,(H,19,20). The Balaban J connectivity index is 1.89. The Bertz CT molecular complexity index is 596. The second-order valence-corrected chi connectivity index (χ2v) is 5.30. The summed E-state index contributed by atoms with van der Waals surface area (Å²) in [4.78, 5) is 25.8. The molecule has 3 rings (SSSR count). The van der Waals surface area contributed by atoms with Gasteiger partial charge in [0.2, 0.25) is 5.91 Å². The van der Waals surface area contributed by atoms with E-state index in [1.807, 2.05) is 36.4 Å². The number of anilines is 1. The van der Waals surface area contributed by atoms with Crippen LogP contribution in [0.15, 0.2) is 36.4 Å². The number of fused-ring (bicyclic) bond motifs is 1. The van der Waals surface area contributed by atoms with Gasteiger partial charge in [-0.15, -0.1) is 0 Å². The summed E-state index contributed by atoms with van der Waals surface area (Å²) in [6.45, 7) is 0.894. The second-order valence-electron chi connectivity index (χ2n) is 5.30. The van der Waals surface area contributed by atoms with E-state index in [0.29, 0.717) is 31.7 Å². The first-order chi connectivity index (χ1) is 10.2. The summed E-state index contributed by atoms with van der Waals surface area (Å²) in [7, 11) is 0. The summed E-state index contributed by atoms with van der Waals surface area (Å²) in [6.07, 6.45) is 4.64. The summed E-state index contributed by atoms with van der Waals surface area (Å²) in [6, 6.07) is 7.37. The number of nitrogens with zero attached hydrogens (tertiary/aromatic N) is 1. The number of aliphatic carboxylic acids is 1. The molecule has 1 N–H and O–H groups in total. The molecule has 0 saturated heterocycles. The number of carboxylic acids is 1. The third-order valence-corrected chi connectivity index (χ3v) is 4.06. The average Bonchev–Trinajstić information content (AvgIpc) is 2.53. The van der Waals surface area contributed by atoms with E-state index < -0.39 is 17.8 Å². The smallest absolute Gasteiger partial charge is 0.307 e. The van der Waals surface area contributed by atoms with Gasteiger partial charge in [0, 0.05) is 0 Å². The van der Waals surface area contributed by atoms with Crippen LogP contribution in [-0.4, -0.2) is 30.1 Å². The first kappa shape index (κ1) is 13.7. The minimum absolute atomic E-state index is 0.123. The average molecular weight is 287 g/mol. The van der Waals surface area contributed by atoms with Crippen LogP contribution < -0.4 is 9.64 Å². The molecule has 21 heavy (non-hydrogen) atoms. The highest BCUT2D eigenvalue weighted by Crippen LogP contribution is 2.35. The maximum atomic E-state index is 12.8. The van der Waals surface area contributed by atoms with Gasteiger partial charge in [-0.05, 0) is 25.0 Å². The number of benzene rings is 1. The van der Waals surface area contributed by atoms with Crippen molar-refractivity contribution in [2.24, 2.45) is 11.8 Å². The molecular weight excluding hydrogens is 270 g/mol.